The Morgan fingerprint density at radius 1 is 1.53 bits per heavy atom. The summed E-state index contributed by atoms with van der Waals surface area (Å²) >= 11 is 0. The second-order valence-corrected chi connectivity index (χ2v) is 3.77. The van der Waals surface area contributed by atoms with Crippen molar-refractivity contribution >= 4 is 17.9 Å². The van der Waals surface area contributed by atoms with Gasteiger partial charge < -0.3 is 10.1 Å². The van der Waals surface area contributed by atoms with Crippen molar-refractivity contribution in [2.24, 2.45) is 5.41 Å². The highest BCUT2D eigenvalue weighted by atomic mass is 16.5. The van der Waals surface area contributed by atoms with Gasteiger partial charge >= 0.3 is 12.0 Å². The van der Waals surface area contributed by atoms with Crippen LogP contribution in [0.4, 0.5) is 4.79 Å². The van der Waals surface area contributed by atoms with E-state index in [0.717, 1.165) is 0 Å². The molecule has 2 rings (SSSR count). The Kier molecular flexibility index (Phi) is 2.13. The number of carbonyl (C=O) groups excluding carboxylic acids is 3. The number of esters is 1. The predicted molar refractivity (Wildman–Crippen MR) is 48.8 cm³/mol. The fourth-order valence-electron chi connectivity index (χ4n) is 1.83. The van der Waals surface area contributed by atoms with E-state index in [1.165, 1.54) is 0 Å². The van der Waals surface area contributed by atoms with Crippen molar-refractivity contribution < 1.29 is 19.1 Å². The number of imide groups is 1. The maximum atomic E-state index is 11.6. The van der Waals surface area contributed by atoms with Gasteiger partial charge in [-0.3, -0.25) is 14.9 Å². The minimum Gasteiger partial charge on any atom is -0.465 e. The summed E-state index contributed by atoms with van der Waals surface area (Å²) in [5, 5.41) is 4.56. The van der Waals surface area contributed by atoms with Gasteiger partial charge in [-0.15, -0.1) is 0 Å². The van der Waals surface area contributed by atoms with Crippen LogP contribution in [0, 0.1) is 5.41 Å². The van der Waals surface area contributed by atoms with E-state index in [9.17, 15) is 14.4 Å². The molecule has 15 heavy (non-hydrogen) atoms. The number of rotatable bonds is 3. The molecule has 0 aromatic heterocycles. The zero-order chi connectivity index (χ0) is 11.1. The molecule has 1 saturated carbocycles. The van der Waals surface area contributed by atoms with Crippen LogP contribution in [0.2, 0.25) is 0 Å². The van der Waals surface area contributed by atoms with Crippen LogP contribution in [0.15, 0.2) is 0 Å². The van der Waals surface area contributed by atoms with E-state index < -0.39 is 29.4 Å². The van der Waals surface area contributed by atoms with Gasteiger partial charge in [-0.25, -0.2) is 4.79 Å². The zero-order valence-electron chi connectivity index (χ0n) is 8.33. The normalized spacial score (nSPS) is 26.9. The van der Waals surface area contributed by atoms with E-state index in [4.69, 9.17) is 4.74 Å². The highest BCUT2D eigenvalue weighted by Gasteiger charge is 2.62. The number of nitrogens with one attached hydrogen (secondary N) is 2. The Labute approximate surface area is 86.3 Å². The molecule has 1 heterocycles. The van der Waals surface area contributed by atoms with Crippen LogP contribution in [0.1, 0.15) is 19.8 Å². The Morgan fingerprint density at radius 2 is 2.20 bits per heavy atom. The first-order valence-corrected chi connectivity index (χ1v) is 4.89. The molecular formula is C9H12N2O4. The minimum absolute atomic E-state index is 0.281. The van der Waals surface area contributed by atoms with Crippen molar-refractivity contribution in [3.8, 4) is 0 Å². The molecule has 2 N–H and O–H groups in total. The fourth-order valence-corrected chi connectivity index (χ4v) is 1.83. The summed E-state index contributed by atoms with van der Waals surface area (Å²) < 4.78 is 4.89. The van der Waals surface area contributed by atoms with E-state index in [-0.39, 0.29) is 6.61 Å². The van der Waals surface area contributed by atoms with Gasteiger partial charge in [-0.05, 0) is 19.8 Å². The predicted octanol–water partition coefficient (Wildman–Crippen LogP) is -0.462. The average molecular weight is 212 g/mol. The lowest BCUT2D eigenvalue weighted by molar-refractivity contribution is -0.152. The molecule has 1 aliphatic carbocycles. The Balaban J connectivity index is 2.13. The van der Waals surface area contributed by atoms with Gasteiger partial charge in [0.05, 0.1) is 12.0 Å². The third-order valence-corrected chi connectivity index (χ3v) is 2.80. The van der Waals surface area contributed by atoms with E-state index >= 15 is 0 Å². The van der Waals surface area contributed by atoms with E-state index in [1.807, 2.05) is 0 Å². The topological polar surface area (TPSA) is 84.5 Å². The summed E-state index contributed by atoms with van der Waals surface area (Å²) in [6, 6.07) is -1.30. The molecule has 0 aromatic rings. The summed E-state index contributed by atoms with van der Waals surface area (Å²) in [7, 11) is 0. The smallest absolute Gasteiger partial charge is 0.322 e. The first-order valence-electron chi connectivity index (χ1n) is 4.89. The zero-order valence-corrected chi connectivity index (χ0v) is 8.33. The lowest BCUT2D eigenvalue weighted by atomic mass is 9.97. The monoisotopic (exact) mass is 212 g/mol. The van der Waals surface area contributed by atoms with Crippen LogP contribution in [0.25, 0.3) is 0 Å². The van der Waals surface area contributed by atoms with Gasteiger partial charge in [0.1, 0.15) is 6.04 Å². The molecule has 2 fully saturated rings. The Bertz CT molecular complexity index is 335. The lowest BCUT2D eigenvalue weighted by Gasteiger charge is -2.18. The largest absolute Gasteiger partial charge is 0.465 e. The molecule has 0 radical (unpaired) electrons. The van der Waals surface area contributed by atoms with Gasteiger partial charge in [0.25, 0.3) is 5.91 Å². The summed E-state index contributed by atoms with van der Waals surface area (Å²) in [6.45, 7) is 1.99. The number of amides is 3. The van der Waals surface area contributed by atoms with Crippen molar-refractivity contribution in [1.82, 2.24) is 10.6 Å². The standard InChI is InChI=1S/C9H12N2O4/c1-2-15-7(13)9(3-4-9)5-6(12)11-8(14)10-5/h5H,2-4H2,1H3,(H2,10,11,12,14)/t5-/m1/s1. The second kappa shape index (κ2) is 3.22. The van der Waals surface area contributed by atoms with Crippen LogP contribution in [-0.2, 0) is 14.3 Å². The van der Waals surface area contributed by atoms with Crippen molar-refractivity contribution in [3.63, 3.8) is 0 Å². The van der Waals surface area contributed by atoms with Crippen LogP contribution in [-0.4, -0.2) is 30.6 Å². The SMILES string of the molecule is CCOC(=O)C1([C@@H]2NC(=O)NC2=O)CC1. The molecule has 1 saturated heterocycles. The average Bonchev–Trinajstić information content (AvgIpc) is 2.89. The molecule has 2 aliphatic rings. The highest BCUT2D eigenvalue weighted by molar-refractivity contribution is 6.07. The van der Waals surface area contributed by atoms with Gasteiger partial charge in [0.15, 0.2) is 0 Å². The van der Waals surface area contributed by atoms with E-state index in [0.29, 0.717) is 12.8 Å². The second-order valence-electron chi connectivity index (χ2n) is 3.77. The molecule has 6 heteroatoms. The van der Waals surface area contributed by atoms with E-state index in [1.54, 1.807) is 6.92 Å². The van der Waals surface area contributed by atoms with Crippen molar-refractivity contribution in [2.75, 3.05) is 6.61 Å². The van der Waals surface area contributed by atoms with Crippen molar-refractivity contribution in [3.05, 3.63) is 0 Å². The summed E-state index contributed by atoms with van der Waals surface area (Å²) in [5.74, 6) is -0.835. The third-order valence-electron chi connectivity index (χ3n) is 2.80. The van der Waals surface area contributed by atoms with E-state index in [2.05, 4.69) is 10.6 Å². The lowest BCUT2D eigenvalue weighted by Crippen LogP contribution is -2.43. The van der Waals surface area contributed by atoms with Gasteiger partial charge in [0, 0.05) is 0 Å². The molecule has 82 valence electrons. The number of carbonyl (C=O) groups is 3. The van der Waals surface area contributed by atoms with Gasteiger partial charge in [-0.1, -0.05) is 0 Å². The number of ether oxygens (including phenoxy) is 1. The molecule has 0 spiro atoms. The van der Waals surface area contributed by atoms with Crippen LogP contribution in [0.3, 0.4) is 0 Å². The van der Waals surface area contributed by atoms with Crippen LogP contribution in [0.5, 0.6) is 0 Å². The quantitative estimate of drug-likeness (QED) is 0.489. The summed E-state index contributed by atoms with van der Waals surface area (Å²) in [5.41, 5.74) is -0.813. The Hall–Kier alpha value is -1.59. The van der Waals surface area contributed by atoms with Gasteiger partial charge in [-0.2, -0.15) is 0 Å². The first kappa shape index (κ1) is 9.95. The molecule has 0 unspecified atom stereocenters. The summed E-state index contributed by atoms with van der Waals surface area (Å²) in [6.07, 6.45) is 1.18. The van der Waals surface area contributed by atoms with Crippen LogP contribution < -0.4 is 10.6 Å². The number of hydrogen-bond acceptors (Lipinski definition) is 4. The number of urea groups is 1. The molecule has 0 aromatic carbocycles. The molecular weight excluding hydrogens is 200 g/mol. The molecule has 1 atom stereocenters. The molecule has 0 bridgehead atoms. The number of hydrogen-bond donors (Lipinski definition) is 2. The van der Waals surface area contributed by atoms with Crippen LogP contribution >= 0.6 is 0 Å². The van der Waals surface area contributed by atoms with Gasteiger partial charge in [0.2, 0.25) is 0 Å². The molecule has 3 amide bonds. The van der Waals surface area contributed by atoms with Crippen molar-refractivity contribution in [1.29, 1.82) is 0 Å². The first-order chi connectivity index (χ1) is 7.10. The molecule has 1 aliphatic heterocycles. The summed E-state index contributed by atoms with van der Waals surface area (Å²) in [4.78, 5) is 33.9. The third kappa shape index (κ3) is 1.45. The minimum atomic E-state index is -0.813. The maximum absolute atomic E-state index is 11.6. The maximum Gasteiger partial charge on any atom is 0.322 e. The Morgan fingerprint density at radius 3 is 2.60 bits per heavy atom. The fraction of sp³-hybridized carbons (Fsp3) is 0.667. The van der Waals surface area contributed by atoms with Crippen molar-refractivity contribution in [2.45, 2.75) is 25.8 Å². The highest BCUT2D eigenvalue weighted by Crippen LogP contribution is 2.50. The molecule has 6 nitrogen and oxygen atoms in total.